The zero-order valence-electron chi connectivity index (χ0n) is 11.2. The van der Waals surface area contributed by atoms with Crippen molar-refractivity contribution in [1.29, 1.82) is 0 Å². The molecule has 6 heteroatoms. The minimum absolute atomic E-state index is 0.164. The van der Waals surface area contributed by atoms with Gasteiger partial charge >= 0.3 is 0 Å². The van der Waals surface area contributed by atoms with Gasteiger partial charge in [0, 0.05) is 33.1 Å². The molecule has 2 N–H and O–H groups in total. The van der Waals surface area contributed by atoms with Crippen molar-refractivity contribution < 1.29 is 14.0 Å². The van der Waals surface area contributed by atoms with Crippen LogP contribution in [0.1, 0.15) is 23.2 Å². The van der Waals surface area contributed by atoms with Gasteiger partial charge in [-0.1, -0.05) is 6.92 Å². The number of aryl methyl sites for hydroxylation is 1. The number of carbonyl (C=O) groups is 2. The zero-order valence-corrected chi connectivity index (χ0v) is 11.2. The number of nitrogens with one attached hydrogen (secondary N) is 2. The molecule has 0 spiro atoms. The highest BCUT2D eigenvalue weighted by atomic mass is 16.4. The number of furan rings is 1. The number of rotatable bonds is 3. The first kappa shape index (κ1) is 13.6. The van der Waals surface area contributed by atoms with Gasteiger partial charge in [-0.05, 0) is 12.1 Å². The van der Waals surface area contributed by atoms with E-state index < -0.39 is 6.04 Å². The molecule has 1 saturated heterocycles. The van der Waals surface area contributed by atoms with Crippen molar-refractivity contribution >= 4 is 11.8 Å². The molecule has 1 atom stereocenters. The molecule has 0 saturated carbocycles. The molecule has 2 amide bonds. The molecule has 1 aliphatic heterocycles. The van der Waals surface area contributed by atoms with Gasteiger partial charge < -0.3 is 20.0 Å². The third-order valence-electron chi connectivity index (χ3n) is 3.27. The predicted molar refractivity (Wildman–Crippen MR) is 69.8 cm³/mol. The highest BCUT2D eigenvalue weighted by Crippen LogP contribution is 2.14. The summed E-state index contributed by atoms with van der Waals surface area (Å²) in [6, 6.07) is 2.98. The molecule has 0 aliphatic carbocycles. The molecule has 104 valence electrons. The first-order valence-electron chi connectivity index (χ1n) is 6.49. The second kappa shape index (κ2) is 5.88. The Balaban J connectivity index is 2.17. The van der Waals surface area contributed by atoms with Crippen molar-refractivity contribution in [2.24, 2.45) is 0 Å². The summed E-state index contributed by atoms with van der Waals surface area (Å²) in [5, 5.41) is 5.70. The standard InChI is InChI=1S/C13H19N3O3/c1-3-9-4-5-11(19-9)13(18)16-7-6-15-8-10(16)12(17)14-2/h4-5,10,15H,3,6-8H2,1-2H3,(H,14,17). The van der Waals surface area contributed by atoms with E-state index in [9.17, 15) is 9.59 Å². The maximum absolute atomic E-state index is 12.4. The molecule has 2 rings (SSSR count). The lowest BCUT2D eigenvalue weighted by Crippen LogP contribution is -2.59. The molecule has 19 heavy (non-hydrogen) atoms. The number of nitrogens with zero attached hydrogens (tertiary/aromatic N) is 1. The molecule has 1 aromatic heterocycles. The molecule has 0 radical (unpaired) electrons. The van der Waals surface area contributed by atoms with Crippen LogP contribution >= 0.6 is 0 Å². The second-order valence-corrected chi connectivity index (χ2v) is 4.45. The Labute approximate surface area is 112 Å². The van der Waals surface area contributed by atoms with Crippen LogP contribution in [-0.4, -0.2) is 49.4 Å². The van der Waals surface area contributed by atoms with Gasteiger partial charge in [-0.25, -0.2) is 0 Å². The SMILES string of the molecule is CCc1ccc(C(=O)N2CCNCC2C(=O)NC)o1. The monoisotopic (exact) mass is 265 g/mol. The van der Waals surface area contributed by atoms with E-state index in [1.807, 2.05) is 6.92 Å². The van der Waals surface area contributed by atoms with Gasteiger partial charge in [0.05, 0.1) is 0 Å². The molecule has 1 aromatic rings. The van der Waals surface area contributed by atoms with Crippen LogP contribution in [-0.2, 0) is 11.2 Å². The Kier molecular flexibility index (Phi) is 4.21. The maximum atomic E-state index is 12.4. The van der Waals surface area contributed by atoms with Crippen LogP contribution in [0.3, 0.4) is 0 Å². The first-order valence-corrected chi connectivity index (χ1v) is 6.49. The van der Waals surface area contributed by atoms with Crippen LogP contribution in [0.15, 0.2) is 16.5 Å². The van der Waals surface area contributed by atoms with Crippen molar-refractivity contribution in [3.05, 3.63) is 23.7 Å². The average Bonchev–Trinajstić information content (AvgIpc) is 2.94. The molecule has 1 fully saturated rings. The van der Waals surface area contributed by atoms with E-state index in [4.69, 9.17) is 4.42 Å². The third kappa shape index (κ3) is 2.78. The smallest absolute Gasteiger partial charge is 0.290 e. The normalized spacial score (nSPS) is 19.3. The molecule has 1 aliphatic rings. The highest BCUT2D eigenvalue weighted by molar-refractivity contribution is 5.95. The fourth-order valence-electron chi connectivity index (χ4n) is 2.17. The van der Waals surface area contributed by atoms with Crippen LogP contribution in [0.25, 0.3) is 0 Å². The van der Waals surface area contributed by atoms with Gasteiger partial charge in [0.25, 0.3) is 5.91 Å². The van der Waals surface area contributed by atoms with Crippen LogP contribution < -0.4 is 10.6 Å². The topological polar surface area (TPSA) is 74.6 Å². The molecule has 6 nitrogen and oxygen atoms in total. The van der Waals surface area contributed by atoms with Crippen LogP contribution in [0.5, 0.6) is 0 Å². The summed E-state index contributed by atoms with van der Waals surface area (Å²) in [5.74, 6) is 0.681. The molecule has 0 aromatic carbocycles. The maximum Gasteiger partial charge on any atom is 0.290 e. The first-order chi connectivity index (χ1) is 9.17. The van der Waals surface area contributed by atoms with Gasteiger partial charge in [0.15, 0.2) is 5.76 Å². The Morgan fingerprint density at radius 3 is 2.95 bits per heavy atom. The fourth-order valence-corrected chi connectivity index (χ4v) is 2.17. The molecular formula is C13H19N3O3. The number of hydrogen-bond acceptors (Lipinski definition) is 4. The summed E-state index contributed by atoms with van der Waals surface area (Å²) in [4.78, 5) is 25.7. The quantitative estimate of drug-likeness (QED) is 0.807. The Bertz CT molecular complexity index is 469. The van der Waals surface area contributed by atoms with E-state index in [-0.39, 0.29) is 11.8 Å². The van der Waals surface area contributed by atoms with Crippen molar-refractivity contribution in [2.45, 2.75) is 19.4 Å². The van der Waals surface area contributed by atoms with Crippen LogP contribution in [0.2, 0.25) is 0 Å². The van der Waals surface area contributed by atoms with E-state index in [0.717, 1.165) is 12.2 Å². The summed E-state index contributed by atoms with van der Waals surface area (Å²) in [6.07, 6.45) is 0.744. The summed E-state index contributed by atoms with van der Waals surface area (Å²) in [5.41, 5.74) is 0. The van der Waals surface area contributed by atoms with Gasteiger partial charge in [0.2, 0.25) is 5.91 Å². The molecular weight excluding hydrogens is 246 g/mol. The van der Waals surface area contributed by atoms with Crippen LogP contribution in [0.4, 0.5) is 0 Å². The zero-order chi connectivity index (χ0) is 13.8. The lowest BCUT2D eigenvalue weighted by atomic mass is 10.1. The van der Waals surface area contributed by atoms with Gasteiger partial charge in [0.1, 0.15) is 11.8 Å². The molecule has 2 heterocycles. The van der Waals surface area contributed by atoms with Crippen molar-refractivity contribution in [3.8, 4) is 0 Å². The largest absolute Gasteiger partial charge is 0.456 e. The molecule has 1 unspecified atom stereocenters. The van der Waals surface area contributed by atoms with Gasteiger partial charge in [-0.15, -0.1) is 0 Å². The minimum Gasteiger partial charge on any atom is -0.456 e. The van der Waals surface area contributed by atoms with E-state index in [1.54, 1.807) is 24.1 Å². The minimum atomic E-state index is -0.485. The highest BCUT2D eigenvalue weighted by Gasteiger charge is 2.33. The summed E-state index contributed by atoms with van der Waals surface area (Å²) in [7, 11) is 1.57. The fraction of sp³-hybridized carbons (Fsp3) is 0.538. The van der Waals surface area contributed by atoms with Crippen LogP contribution in [0, 0.1) is 0 Å². The predicted octanol–water partition coefficient (Wildman–Crippen LogP) is 0.00200. The van der Waals surface area contributed by atoms with E-state index in [0.29, 0.717) is 25.4 Å². The summed E-state index contributed by atoms with van der Waals surface area (Å²) < 4.78 is 5.47. The number of amides is 2. The second-order valence-electron chi connectivity index (χ2n) is 4.45. The Morgan fingerprint density at radius 1 is 1.53 bits per heavy atom. The summed E-state index contributed by atoms with van der Waals surface area (Å²) in [6.45, 7) is 3.61. The number of likely N-dealkylation sites (N-methyl/N-ethyl adjacent to an activating group) is 1. The van der Waals surface area contributed by atoms with Crippen molar-refractivity contribution in [2.75, 3.05) is 26.7 Å². The lowest BCUT2D eigenvalue weighted by Gasteiger charge is -2.34. The van der Waals surface area contributed by atoms with E-state index in [1.165, 1.54) is 0 Å². The van der Waals surface area contributed by atoms with Crippen molar-refractivity contribution in [3.63, 3.8) is 0 Å². The van der Waals surface area contributed by atoms with E-state index >= 15 is 0 Å². The lowest BCUT2D eigenvalue weighted by molar-refractivity contribution is -0.125. The van der Waals surface area contributed by atoms with Crippen molar-refractivity contribution in [1.82, 2.24) is 15.5 Å². The number of piperazine rings is 1. The van der Waals surface area contributed by atoms with Gasteiger partial charge in [-0.2, -0.15) is 0 Å². The van der Waals surface area contributed by atoms with Gasteiger partial charge in [-0.3, -0.25) is 9.59 Å². The third-order valence-corrected chi connectivity index (χ3v) is 3.27. The number of carbonyl (C=O) groups excluding carboxylic acids is 2. The Hall–Kier alpha value is -1.82. The number of hydrogen-bond donors (Lipinski definition) is 2. The Morgan fingerprint density at radius 2 is 2.32 bits per heavy atom. The summed E-state index contributed by atoms with van der Waals surface area (Å²) >= 11 is 0. The average molecular weight is 265 g/mol. The molecule has 0 bridgehead atoms. The van der Waals surface area contributed by atoms with E-state index in [2.05, 4.69) is 10.6 Å².